The Kier molecular flexibility index (Phi) is 2.82. The molecule has 2 aromatic carbocycles. The fraction of sp³-hybridized carbons (Fsp3) is 0.111. The second kappa shape index (κ2) is 4.84. The zero-order chi connectivity index (χ0) is 15.1. The van der Waals surface area contributed by atoms with Crippen LogP contribution in [0.2, 0.25) is 0 Å². The zero-order valence-electron chi connectivity index (χ0n) is 12.0. The average molecular weight is 291 g/mol. The lowest BCUT2D eigenvalue weighted by molar-refractivity contribution is 0.103. The van der Waals surface area contributed by atoms with Gasteiger partial charge in [-0.1, -0.05) is 29.8 Å². The third kappa shape index (κ3) is 2.00. The lowest BCUT2D eigenvalue weighted by atomic mass is 10.0. The predicted octanol–water partition coefficient (Wildman–Crippen LogP) is 3.50. The van der Waals surface area contributed by atoms with E-state index in [1.54, 1.807) is 6.20 Å². The maximum Gasteiger partial charge on any atom is 0.231 e. The first-order valence-electron chi connectivity index (χ1n) is 7.02. The first-order chi connectivity index (χ1) is 10.7. The fourth-order valence-corrected chi connectivity index (χ4v) is 2.58. The molecule has 2 heterocycles. The number of nitrogens with zero attached hydrogens (tertiary/aromatic N) is 1. The number of ether oxygens (including phenoxy) is 2. The quantitative estimate of drug-likeness (QED) is 0.678. The Bertz CT molecular complexity index is 885. The van der Waals surface area contributed by atoms with Crippen molar-refractivity contribution in [1.29, 1.82) is 0 Å². The van der Waals surface area contributed by atoms with E-state index in [1.807, 2.05) is 49.4 Å². The molecule has 0 fully saturated rings. The molecule has 0 unspecified atom stereocenters. The van der Waals surface area contributed by atoms with Gasteiger partial charge >= 0.3 is 0 Å². The first-order valence-corrected chi connectivity index (χ1v) is 7.02. The van der Waals surface area contributed by atoms with E-state index in [0.29, 0.717) is 22.8 Å². The number of ketones is 1. The number of rotatable bonds is 2. The largest absolute Gasteiger partial charge is 0.454 e. The highest BCUT2D eigenvalue weighted by Gasteiger charge is 2.19. The van der Waals surface area contributed by atoms with E-state index < -0.39 is 0 Å². The molecule has 0 bridgehead atoms. The number of carbonyl (C=O) groups is 1. The summed E-state index contributed by atoms with van der Waals surface area (Å²) in [6.45, 7) is 2.20. The molecule has 0 atom stereocenters. The molecular formula is C18H13NO3. The topological polar surface area (TPSA) is 48.4 Å². The van der Waals surface area contributed by atoms with Gasteiger partial charge in [-0.2, -0.15) is 0 Å². The van der Waals surface area contributed by atoms with E-state index in [4.69, 9.17) is 9.47 Å². The number of hydrogen-bond donors (Lipinski definition) is 0. The summed E-state index contributed by atoms with van der Waals surface area (Å²) in [6, 6.07) is 13.1. The van der Waals surface area contributed by atoms with Crippen molar-refractivity contribution in [3.05, 3.63) is 65.5 Å². The summed E-state index contributed by atoms with van der Waals surface area (Å²) in [6.07, 6.45) is 1.64. The van der Waals surface area contributed by atoms with Gasteiger partial charge in [-0.15, -0.1) is 0 Å². The SMILES string of the molecule is Cc1ccc(C(=O)c2nccc3cc4c(cc23)OCO4)cc1. The Hall–Kier alpha value is -2.88. The van der Waals surface area contributed by atoms with E-state index >= 15 is 0 Å². The second-order valence-corrected chi connectivity index (χ2v) is 5.28. The van der Waals surface area contributed by atoms with Crippen molar-refractivity contribution in [2.24, 2.45) is 0 Å². The van der Waals surface area contributed by atoms with Crippen molar-refractivity contribution in [3.63, 3.8) is 0 Å². The number of fused-ring (bicyclic) bond motifs is 2. The maximum absolute atomic E-state index is 12.7. The second-order valence-electron chi connectivity index (χ2n) is 5.28. The molecule has 0 N–H and O–H groups in total. The Morgan fingerprint density at radius 2 is 1.77 bits per heavy atom. The smallest absolute Gasteiger partial charge is 0.231 e. The number of carbonyl (C=O) groups excluding carboxylic acids is 1. The van der Waals surface area contributed by atoms with Crippen molar-refractivity contribution in [2.45, 2.75) is 6.92 Å². The molecule has 1 aromatic heterocycles. The maximum atomic E-state index is 12.7. The van der Waals surface area contributed by atoms with Crippen LogP contribution in [-0.2, 0) is 0 Å². The molecule has 4 heteroatoms. The van der Waals surface area contributed by atoms with E-state index in [1.165, 1.54) is 0 Å². The van der Waals surface area contributed by atoms with Gasteiger partial charge in [-0.05, 0) is 30.5 Å². The van der Waals surface area contributed by atoms with Crippen LogP contribution in [0.15, 0.2) is 48.7 Å². The summed E-state index contributed by atoms with van der Waals surface area (Å²) >= 11 is 0. The van der Waals surface area contributed by atoms with Gasteiger partial charge in [-0.3, -0.25) is 9.78 Å². The average Bonchev–Trinajstić information content (AvgIpc) is 2.99. The van der Waals surface area contributed by atoms with Crippen LogP contribution in [0.5, 0.6) is 11.5 Å². The molecule has 1 aliphatic heterocycles. The van der Waals surface area contributed by atoms with Crippen LogP contribution in [0.4, 0.5) is 0 Å². The fourth-order valence-electron chi connectivity index (χ4n) is 2.58. The van der Waals surface area contributed by atoms with Gasteiger partial charge in [0.05, 0.1) is 0 Å². The molecule has 3 aromatic rings. The van der Waals surface area contributed by atoms with E-state index in [2.05, 4.69) is 4.98 Å². The van der Waals surface area contributed by atoms with Crippen LogP contribution >= 0.6 is 0 Å². The Morgan fingerprint density at radius 1 is 1.05 bits per heavy atom. The summed E-state index contributed by atoms with van der Waals surface area (Å²) in [7, 11) is 0. The molecule has 108 valence electrons. The molecule has 0 amide bonds. The van der Waals surface area contributed by atoms with E-state index in [9.17, 15) is 4.79 Å². The van der Waals surface area contributed by atoms with Gasteiger partial charge in [0.25, 0.3) is 0 Å². The lowest BCUT2D eigenvalue weighted by Crippen LogP contribution is -2.04. The van der Waals surface area contributed by atoms with Crippen molar-refractivity contribution in [2.75, 3.05) is 6.79 Å². The normalized spacial score (nSPS) is 12.6. The lowest BCUT2D eigenvalue weighted by Gasteiger charge is -2.06. The van der Waals surface area contributed by atoms with Crippen LogP contribution in [-0.4, -0.2) is 17.6 Å². The number of pyridine rings is 1. The molecule has 0 saturated carbocycles. The minimum atomic E-state index is -0.0931. The van der Waals surface area contributed by atoms with Crippen molar-refractivity contribution < 1.29 is 14.3 Å². The van der Waals surface area contributed by atoms with Crippen LogP contribution in [0.3, 0.4) is 0 Å². The molecule has 4 nitrogen and oxygen atoms in total. The van der Waals surface area contributed by atoms with Crippen LogP contribution < -0.4 is 9.47 Å². The van der Waals surface area contributed by atoms with Gasteiger partial charge in [0.15, 0.2) is 11.5 Å². The molecule has 0 saturated heterocycles. The summed E-state index contributed by atoms with van der Waals surface area (Å²) in [5.74, 6) is 1.26. The van der Waals surface area contributed by atoms with Crippen molar-refractivity contribution >= 4 is 16.6 Å². The number of aryl methyl sites for hydroxylation is 1. The Labute approximate surface area is 127 Å². The van der Waals surface area contributed by atoms with Gasteiger partial charge < -0.3 is 9.47 Å². The van der Waals surface area contributed by atoms with E-state index in [-0.39, 0.29) is 12.6 Å². The molecule has 0 aliphatic carbocycles. The van der Waals surface area contributed by atoms with Gasteiger partial charge in [0, 0.05) is 17.1 Å². The monoisotopic (exact) mass is 291 g/mol. The molecule has 0 spiro atoms. The van der Waals surface area contributed by atoms with Crippen molar-refractivity contribution in [3.8, 4) is 11.5 Å². The van der Waals surface area contributed by atoms with Gasteiger partial charge in [-0.25, -0.2) is 0 Å². The molecule has 22 heavy (non-hydrogen) atoms. The third-order valence-corrected chi connectivity index (χ3v) is 3.79. The standard InChI is InChI=1S/C18H13NO3/c1-11-2-4-12(5-3-11)18(20)17-14-9-16-15(21-10-22-16)8-13(14)6-7-19-17/h2-9H,10H2,1H3. The summed E-state index contributed by atoms with van der Waals surface area (Å²) < 4.78 is 10.8. The summed E-state index contributed by atoms with van der Waals surface area (Å²) in [5, 5.41) is 1.69. The van der Waals surface area contributed by atoms with Crippen LogP contribution in [0.25, 0.3) is 10.8 Å². The first kappa shape index (κ1) is 12.8. The highest BCUT2D eigenvalue weighted by Crippen LogP contribution is 2.37. The zero-order valence-corrected chi connectivity index (χ0v) is 12.0. The van der Waals surface area contributed by atoms with Crippen LogP contribution in [0, 0.1) is 6.92 Å². The molecular weight excluding hydrogens is 278 g/mol. The van der Waals surface area contributed by atoms with Crippen LogP contribution in [0.1, 0.15) is 21.6 Å². The van der Waals surface area contributed by atoms with Gasteiger partial charge in [0.1, 0.15) is 5.69 Å². The highest BCUT2D eigenvalue weighted by molar-refractivity contribution is 6.15. The number of hydrogen-bond acceptors (Lipinski definition) is 4. The minimum absolute atomic E-state index is 0.0931. The number of aromatic nitrogens is 1. The molecule has 1 aliphatic rings. The minimum Gasteiger partial charge on any atom is -0.454 e. The highest BCUT2D eigenvalue weighted by atomic mass is 16.7. The third-order valence-electron chi connectivity index (χ3n) is 3.79. The van der Waals surface area contributed by atoms with Gasteiger partial charge in [0.2, 0.25) is 12.6 Å². The Balaban J connectivity index is 1.87. The van der Waals surface area contributed by atoms with E-state index in [0.717, 1.165) is 16.3 Å². The van der Waals surface area contributed by atoms with Crippen molar-refractivity contribution in [1.82, 2.24) is 4.98 Å². The summed E-state index contributed by atoms with van der Waals surface area (Å²) in [4.78, 5) is 17.0. The molecule has 4 rings (SSSR count). The number of benzene rings is 2. The molecule has 0 radical (unpaired) electrons. The Morgan fingerprint density at radius 3 is 2.55 bits per heavy atom. The summed E-state index contributed by atoms with van der Waals surface area (Å²) in [5.41, 5.74) is 2.17. The predicted molar refractivity (Wildman–Crippen MR) is 82.5 cm³/mol.